The van der Waals surface area contributed by atoms with Gasteiger partial charge in [0.2, 0.25) is 5.91 Å². The minimum Gasteiger partial charge on any atom is -0.496 e. The molecule has 2 aromatic carbocycles. The van der Waals surface area contributed by atoms with Gasteiger partial charge in [-0.25, -0.2) is 0 Å². The summed E-state index contributed by atoms with van der Waals surface area (Å²) in [7, 11) is 1.65. The molecule has 4 nitrogen and oxygen atoms in total. The van der Waals surface area contributed by atoms with Crippen LogP contribution in [0.1, 0.15) is 12.0 Å². The van der Waals surface area contributed by atoms with Crippen LogP contribution >= 0.6 is 11.8 Å². The molecule has 24 heavy (non-hydrogen) atoms. The van der Waals surface area contributed by atoms with E-state index in [2.05, 4.69) is 28.4 Å². The van der Waals surface area contributed by atoms with Gasteiger partial charge >= 0.3 is 0 Å². The standard InChI is InChI=1S/C19H22N2O2S/c1-23-17-9-4-2-7-15(17)13-20-19(22)14-21-11-6-12-24-18-10-5-3-8-16(18)21/h2-5,7-10H,6,11-14H2,1H3,(H,20,22). The summed E-state index contributed by atoms with van der Waals surface area (Å²) in [6.07, 6.45) is 1.08. The third kappa shape index (κ3) is 4.03. The third-order valence-corrected chi connectivity index (χ3v) is 5.19. The Morgan fingerprint density at radius 2 is 2.00 bits per heavy atom. The molecule has 5 heteroatoms. The second-order valence-electron chi connectivity index (χ2n) is 5.68. The molecule has 0 fully saturated rings. The summed E-state index contributed by atoms with van der Waals surface area (Å²) in [5.74, 6) is 1.92. The fourth-order valence-electron chi connectivity index (χ4n) is 2.83. The van der Waals surface area contributed by atoms with Crippen molar-refractivity contribution < 1.29 is 9.53 Å². The largest absolute Gasteiger partial charge is 0.496 e. The predicted octanol–water partition coefficient (Wildman–Crippen LogP) is 3.31. The Morgan fingerprint density at radius 1 is 1.21 bits per heavy atom. The molecule has 1 heterocycles. The number of carbonyl (C=O) groups excluding carboxylic acids is 1. The summed E-state index contributed by atoms with van der Waals surface area (Å²) < 4.78 is 5.33. The highest BCUT2D eigenvalue weighted by molar-refractivity contribution is 7.99. The summed E-state index contributed by atoms with van der Waals surface area (Å²) in [4.78, 5) is 15.8. The second-order valence-corrected chi connectivity index (χ2v) is 6.82. The SMILES string of the molecule is COc1ccccc1CNC(=O)CN1CCCSc2ccccc21. The van der Waals surface area contributed by atoms with E-state index >= 15 is 0 Å². The first-order valence-corrected chi connectivity index (χ1v) is 9.12. The Morgan fingerprint density at radius 3 is 2.88 bits per heavy atom. The van der Waals surface area contributed by atoms with Crippen molar-refractivity contribution in [3.63, 3.8) is 0 Å². The maximum Gasteiger partial charge on any atom is 0.239 e. The number of methoxy groups -OCH3 is 1. The van der Waals surface area contributed by atoms with Crippen molar-refractivity contribution in [2.24, 2.45) is 0 Å². The van der Waals surface area contributed by atoms with E-state index in [1.165, 1.54) is 4.90 Å². The topological polar surface area (TPSA) is 41.6 Å². The van der Waals surface area contributed by atoms with Crippen LogP contribution in [0.15, 0.2) is 53.4 Å². The van der Waals surface area contributed by atoms with Crippen molar-refractivity contribution in [1.29, 1.82) is 0 Å². The Balaban J connectivity index is 1.63. The molecule has 0 bridgehead atoms. The third-order valence-electron chi connectivity index (χ3n) is 4.04. The van der Waals surface area contributed by atoms with Gasteiger partial charge in [0.05, 0.1) is 19.3 Å². The molecule has 1 aliphatic rings. The van der Waals surface area contributed by atoms with Gasteiger partial charge in [-0.1, -0.05) is 30.3 Å². The van der Waals surface area contributed by atoms with E-state index < -0.39 is 0 Å². The average Bonchev–Trinajstić information content (AvgIpc) is 2.83. The van der Waals surface area contributed by atoms with Crippen LogP contribution in [0.4, 0.5) is 5.69 Å². The quantitative estimate of drug-likeness (QED) is 0.905. The highest BCUT2D eigenvalue weighted by Gasteiger charge is 2.17. The Kier molecular flexibility index (Phi) is 5.64. The van der Waals surface area contributed by atoms with Crippen LogP contribution in [-0.2, 0) is 11.3 Å². The molecule has 0 radical (unpaired) electrons. The van der Waals surface area contributed by atoms with Crippen molar-refractivity contribution in [1.82, 2.24) is 5.32 Å². The number of benzene rings is 2. The van der Waals surface area contributed by atoms with Gasteiger partial charge in [-0.3, -0.25) is 4.79 Å². The van der Waals surface area contributed by atoms with E-state index in [1.807, 2.05) is 42.1 Å². The van der Waals surface area contributed by atoms with Crippen LogP contribution in [0.25, 0.3) is 0 Å². The summed E-state index contributed by atoms with van der Waals surface area (Å²) in [5, 5.41) is 3.00. The zero-order valence-corrected chi connectivity index (χ0v) is 14.6. The maximum absolute atomic E-state index is 12.4. The van der Waals surface area contributed by atoms with Crippen LogP contribution in [0.5, 0.6) is 5.75 Å². The average molecular weight is 342 g/mol. The minimum absolute atomic E-state index is 0.0302. The highest BCUT2D eigenvalue weighted by Crippen LogP contribution is 2.33. The zero-order chi connectivity index (χ0) is 16.8. The smallest absolute Gasteiger partial charge is 0.239 e. The van der Waals surface area contributed by atoms with E-state index in [9.17, 15) is 4.79 Å². The Hall–Kier alpha value is -2.14. The molecule has 0 saturated carbocycles. The number of para-hydroxylation sites is 2. The summed E-state index contributed by atoms with van der Waals surface area (Å²) in [6.45, 7) is 1.77. The number of anilines is 1. The number of hydrogen-bond donors (Lipinski definition) is 1. The number of thioether (sulfide) groups is 1. The van der Waals surface area contributed by atoms with Crippen LogP contribution in [0.3, 0.4) is 0 Å². The number of carbonyl (C=O) groups is 1. The molecular formula is C19H22N2O2S. The molecule has 0 atom stereocenters. The molecule has 0 spiro atoms. The van der Waals surface area contributed by atoms with E-state index in [0.29, 0.717) is 13.1 Å². The lowest BCUT2D eigenvalue weighted by atomic mass is 10.2. The lowest BCUT2D eigenvalue weighted by molar-refractivity contribution is -0.119. The number of ether oxygens (including phenoxy) is 1. The number of fused-ring (bicyclic) bond motifs is 1. The number of rotatable bonds is 5. The van der Waals surface area contributed by atoms with E-state index in [4.69, 9.17) is 4.74 Å². The Labute approximate surface area is 147 Å². The van der Waals surface area contributed by atoms with Gasteiger partial charge in [-0.05, 0) is 30.4 Å². The predicted molar refractivity (Wildman–Crippen MR) is 98.8 cm³/mol. The van der Waals surface area contributed by atoms with Gasteiger partial charge in [0.1, 0.15) is 5.75 Å². The first-order chi connectivity index (χ1) is 11.8. The molecule has 0 aromatic heterocycles. The van der Waals surface area contributed by atoms with Gasteiger partial charge in [0.15, 0.2) is 0 Å². The lowest BCUT2D eigenvalue weighted by Gasteiger charge is -2.24. The molecule has 0 saturated heterocycles. The summed E-state index contributed by atoms with van der Waals surface area (Å²) >= 11 is 1.87. The fraction of sp³-hybridized carbons (Fsp3) is 0.316. The molecule has 0 aliphatic carbocycles. The molecule has 3 rings (SSSR count). The maximum atomic E-state index is 12.4. The van der Waals surface area contributed by atoms with Crippen molar-refractivity contribution in [2.45, 2.75) is 17.9 Å². The van der Waals surface area contributed by atoms with Crippen molar-refractivity contribution in [3.05, 3.63) is 54.1 Å². The van der Waals surface area contributed by atoms with Gasteiger partial charge in [-0.15, -0.1) is 11.8 Å². The van der Waals surface area contributed by atoms with E-state index in [1.54, 1.807) is 7.11 Å². The fourth-order valence-corrected chi connectivity index (χ4v) is 3.85. The summed E-state index contributed by atoms with van der Waals surface area (Å²) in [6, 6.07) is 16.1. The first kappa shape index (κ1) is 16.7. The van der Waals surface area contributed by atoms with Crippen molar-refractivity contribution >= 4 is 23.4 Å². The Bertz CT molecular complexity index is 705. The van der Waals surface area contributed by atoms with Crippen LogP contribution in [-0.4, -0.2) is 31.9 Å². The monoisotopic (exact) mass is 342 g/mol. The van der Waals surface area contributed by atoms with Crippen LogP contribution in [0, 0.1) is 0 Å². The van der Waals surface area contributed by atoms with Crippen LogP contribution in [0.2, 0.25) is 0 Å². The number of amides is 1. The molecule has 1 amide bonds. The van der Waals surface area contributed by atoms with Crippen LogP contribution < -0.4 is 15.0 Å². The van der Waals surface area contributed by atoms with E-state index in [0.717, 1.165) is 35.7 Å². The van der Waals surface area contributed by atoms with Gasteiger partial charge in [0, 0.05) is 23.5 Å². The normalized spacial score (nSPS) is 13.8. The molecule has 2 aromatic rings. The summed E-state index contributed by atoms with van der Waals surface area (Å²) in [5.41, 5.74) is 2.15. The van der Waals surface area contributed by atoms with Crippen molar-refractivity contribution in [2.75, 3.05) is 30.9 Å². The van der Waals surface area contributed by atoms with Gasteiger partial charge < -0.3 is 15.0 Å². The minimum atomic E-state index is 0.0302. The number of nitrogens with one attached hydrogen (secondary N) is 1. The van der Waals surface area contributed by atoms with Crippen molar-refractivity contribution in [3.8, 4) is 5.75 Å². The lowest BCUT2D eigenvalue weighted by Crippen LogP contribution is -2.37. The molecular weight excluding hydrogens is 320 g/mol. The zero-order valence-electron chi connectivity index (χ0n) is 13.8. The molecule has 1 aliphatic heterocycles. The first-order valence-electron chi connectivity index (χ1n) is 8.13. The van der Waals surface area contributed by atoms with E-state index in [-0.39, 0.29) is 5.91 Å². The molecule has 1 N–H and O–H groups in total. The van der Waals surface area contributed by atoms with Gasteiger partial charge in [-0.2, -0.15) is 0 Å². The molecule has 126 valence electrons. The second kappa shape index (κ2) is 8.11. The molecule has 0 unspecified atom stereocenters. The highest BCUT2D eigenvalue weighted by atomic mass is 32.2. The number of hydrogen-bond acceptors (Lipinski definition) is 4. The van der Waals surface area contributed by atoms with Gasteiger partial charge in [0.25, 0.3) is 0 Å². The number of nitrogens with zero attached hydrogens (tertiary/aromatic N) is 1.